The normalized spacial score (nSPS) is 19.2. The fourth-order valence-corrected chi connectivity index (χ4v) is 5.39. The van der Waals surface area contributed by atoms with E-state index < -0.39 is 0 Å². The third kappa shape index (κ3) is 4.32. The van der Waals surface area contributed by atoms with Gasteiger partial charge in [-0.15, -0.1) is 11.3 Å². The molecule has 3 aromatic rings. The predicted molar refractivity (Wildman–Crippen MR) is 122 cm³/mol. The van der Waals surface area contributed by atoms with Crippen molar-refractivity contribution in [2.45, 2.75) is 44.4 Å². The lowest BCUT2D eigenvalue weighted by atomic mass is 9.99. The lowest BCUT2D eigenvalue weighted by Gasteiger charge is -2.19. The minimum Gasteiger partial charge on any atom is -0.342 e. The number of nitrogens with one attached hydrogen (secondary N) is 1. The molecule has 1 aliphatic heterocycles. The molecule has 1 N–H and O–H groups in total. The smallest absolute Gasteiger partial charge is 0.258 e. The lowest BCUT2D eigenvalue weighted by molar-refractivity contribution is -0.131. The second-order valence-corrected chi connectivity index (χ2v) is 9.48. The average Bonchev–Trinajstić information content (AvgIpc) is 3.55. The summed E-state index contributed by atoms with van der Waals surface area (Å²) < 4.78 is 0. The number of aromatic nitrogens is 2. The Kier molecular flexibility index (Phi) is 5.68. The second kappa shape index (κ2) is 8.75. The molecule has 0 spiro atoms. The Hall–Kier alpha value is -2.80. The molecule has 7 heteroatoms. The number of fused-ring (bicyclic) bond motifs is 1. The zero-order valence-electron chi connectivity index (χ0n) is 17.4. The number of amides is 2. The number of nitrogens with zero attached hydrogens (tertiary/aromatic N) is 3. The van der Waals surface area contributed by atoms with Crippen LogP contribution in [0.2, 0.25) is 0 Å². The summed E-state index contributed by atoms with van der Waals surface area (Å²) in [4.78, 5) is 36.8. The number of likely N-dealkylation sites (tertiary alicyclic amines) is 1. The number of benzene rings is 1. The minimum absolute atomic E-state index is 0.156. The molecule has 1 aromatic carbocycles. The van der Waals surface area contributed by atoms with Gasteiger partial charge in [0.15, 0.2) is 5.13 Å². The van der Waals surface area contributed by atoms with E-state index in [9.17, 15) is 9.59 Å². The number of hydrogen-bond donors (Lipinski definition) is 1. The van der Waals surface area contributed by atoms with Crippen LogP contribution in [0.5, 0.6) is 0 Å². The molecule has 2 aliphatic rings. The molecule has 1 saturated heterocycles. The van der Waals surface area contributed by atoms with Crippen LogP contribution >= 0.6 is 11.3 Å². The summed E-state index contributed by atoms with van der Waals surface area (Å²) in [7, 11) is 0. The summed E-state index contributed by atoms with van der Waals surface area (Å²) in [6.07, 6.45) is 8.13. The Labute approximate surface area is 185 Å². The van der Waals surface area contributed by atoms with E-state index in [0.29, 0.717) is 29.6 Å². The molecule has 1 aliphatic carbocycles. The summed E-state index contributed by atoms with van der Waals surface area (Å²) in [5, 5.41) is 6.13. The van der Waals surface area contributed by atoms with Gasteiger partial charge in [0, 0.05) is 48.1 Å². The summed E-state index contributed by atoms with van der Waals surface area (Å²) in [5.41, 5.74) is 2.30. The monoisotopic (exact) mass is 434 g/mol. The van der Waals surface area contributed by atoms with Gasteiger partial charge in [0.05, 0.1) is 11.1 Å². The summed E-state index contributed by atoms with van der Waals surface area (Å²) in [6.45, 7) is 1.45. The summed E-state index contributed by atoms with van der Waals surface area (Å²) in [6, 6.07) is 9.63. The van der Waals surface area contributed by atoms with E-state index in [1.807, 2.05) is 40.6 Å². The molecule has 3 heterocycles. The molecule has 1 atom stereocenters. The highest BCUT2D eigenvalue weighted by atomic mass is 32.1. The number of thiazole rings is 1. The van der Waals surface area contributed by atoms with Crippen LogP contribution in [-0.4, -0.2) is 39.8 Å². The van der Waals surface area contributed by atoms with Gasteiger partial charge in [-0.2, -0.15) is 0 Å². The maximum Gasteiger partial charge on any atom is 0.258 e. The Morgan fingerprint density at radius 2 is 2.00 bits per heavy atom. The van der Waals surface area contributed by atoms with E-state index >= 15 is 0 Å². The van der Waals surface area contributed by atoms with Gasteiger partial charge in [-0.1, -0.05) is 31.0 Å². The summed E-state index contributed by atoms with van der Waals surface area (Å²) in [5.74, 6) is 0.814. The highest BCUT2D eigenvalue weighted by molar-refractivity contribution is 7.13. The van der Waals surface area contributed by atoms with Gasteiger partial charge in [0.25, 0.3) is 5.91 Å². The van der Waals surface area contributed by atoms with Crippen molar-refractivity contribution >= 4 is 39.2 Å². The van der Waals surface area contributed by atoms with Gasteiger partial charge >= 0.3 is 0 Å². The van der Waals surface area contributed by atoms with E-state index in [4.69, 9.17) is 4.98 Å². The number of pyridine rings is 1. The van der Waals surface area contributed by atoms with Crippen molar-refractivity contribution in [1.29, 1.82) is 0 Å². The van der Waals surface area contributed by atoms with Crippen LogP contribution in [0, 0.1) is 5.92 Å². The van der Waals surface area contributed by atoms with Crippen molar-refractivity contribution in [3.63, 3.8) is 0 Å². The van der Waals surface area contributed by atoms with Crippen molar-refractivity contribution in [2.75, 3.05) is 18.4 Å². The quantitative estimate of drug-likeness (QED) is 0.623. The number of rotatable bonds is 5. The van der Waals surface area contributed by atoms with E-state index in [1.54, 1.807) is 6.20 Å². The first-order chi connectivity index (χ1) is 15.2. The molecule has 2 amide bonds. The third-order valence-electron chi connectivity index (χ3n) is 6.53. The Balaban J connectivity index is 1.37. The Morgan fingerprint density at radius 1 is 1.16 bits per heavy atom. The van der Waals surface area contributed by atoms with Crippen LogP contribution in [0.4, 0.5) is 5.13 Å². The van der Waals surface area contributed by atoms with E-state index in [1.165, 1.54) is 37.0 Å². The van der Waals surface area contributed by atoms with Crippen molar-refractivity contribution in [1.82, 2.24) is 14.9 Å². The Morgan fingerprint density at radius 3 is 2.81 bits per heavy atom. The van der Waals surface area contributed by atoms with Gasteiger partial charge in [-0.3, -0.25) is 19.9 Å². The zero-order valence-corrected chi connectivity index (χ0v) is 18.2. The fraction of sp³-hybridized carbons (Fsp3) is 0.417. The standard InChI is InChI=1S/C24H26N4O2S/c29-22(13-16-5-1-2-6-16)28-11-9-17(15-28)21-14-19(18-7-3-4-8-20(18)26-21)23(30)27-24-25-10-12-31-24/h3-4,7-8,10,12,14,16-17H,1-2,5-6,9,11,13,15H2,(H,25,27,30)/t17-/m1/s1. The van der Waals surface area contributed by atoms with Gasteiger partial charge in [0.2, 0.25) is 5.91 Å². The third-order valence-corrected chi connectivity index (χ3v) is 7.22. The molecule has 0 unspecified atom stereocenters. The van der Waals surface area contributed by atoms with Crippen LogP contribution < -0.4 is 5.32 Å². The van der Waals surface area contributed by atoms with E-state index in [2.05, 4.69) is 10.3 Å². The maximum absolute atomic E-state index is 13.0. The first-order valence-electron chi connectivity index (χ1n) is 11.1. The van der Waals surface area contributed by atoms with Gasteiger partial charge < -0.3 is 4.90 Å². The molecular weight excluding hydrogens is 408 g/mol. The topological polar surface area (TPSA) is 75.2 Å². The van der Waals surface area contributed by atoms with Crippen molar-refractivity contribution in [3.8, 4) is 0 Å². The van der Waals surface area contributed by atoms with Crippen LogP contribution in [0.15, 0.2) is 41.9 Å². The molecule has 2 fully saturated rings. The highest BCUT2D eigenvalue weighted by Gasteiger charge is 2.31. The first kappa shape index (κ1) is 20.1. The fourth-order valence-electron chi connectivity index (χ4n) is 4.86. The molecule has 2 aromatic heterocycles. The SMILES string of the molecule is O=C(Nc1nccs1)c1cc([C@@H]2CCN(C(=O)CC3CCCC3)C2)nc2ccccc12. The van der Waals surface area contributed by atoms with Crippen molar-refractivity contribution in [2.24, 2.45) is 5.92 Å². The van der Waals surface area contributed by atoms with Gasteiger partial charge in [0.1, 0.15) is 0 Å². The molecule has 31 heavy (non-hydrogen) atoms. The maximum atomic E-state index is 13.0. The number of para-hydroxylation sites is 1. The van der Waals surface area contributed by atoms with Crippen molar-refractivity contribution < 1.29 is 9.59 Å². The second-order valence-electron chi connectivity index (χ2n) is 8.58. The number of carbonyl (C=O) groups is 2. The molecular formula is C24H26N4O2S. The molecule has 0 radical (unpaired) electrons. The number of anilines is 1. The van der Waals surface area contributed by atoms with E-state index in [-0.39, 0.29) is 17.7 Å². The van der Waals surface area contributed by atoms with Crippen LogP contribution in [0.25, 0.3) is 10.9 Å². The molecule has 1 saturated carbocycles. The van der Waals surface area contributed by atoms with Crippen LogP contribution in [-0.2, 0) is 4.79 Å². The van der Waals surface area contributed by atoms with Crippen LogP contribution in [0.3, 0.4) is 0 Å². The number of hydrogen-bond acceptors (Lipinski definition) is 5. The number of carbonyl (C=O) groups excluding carboxylic acids is 2. The summed E-state index contributed by atoms with van der Waals surface area (Å²) >= 11 is 1.39. The van der Waals surface area contributed by atoms with E-state index in [0.717, 1.165) is 29.6 Å². The minimum atomic E-state index is -0.179. The average molecular weight is 435 g/mol. The first-order valence-corrected chi connectivity index (χ1v) is 11.9. The predicted octanol–water partition coefficient (Wildman–Crippen LogP) is 4.84. The van der Waals surface area contributed by atoms with Crippen LogP contribution in [0.1, 0.15) is 60.5 Å². The highest BCUT2D eigenvalue weighted by Crippen LogP contribution is 2.32. The molecule has 6 nitrogen and oxygen atoms in total. The molecule has 160 valence electrons. The Bertz CT molecular complexity index is 1090. The largest absolute Gasteiger partial charge is 0.342 e. The van der Waals surface area contributed by atoms with Crippen molar-refractivity contribution in [3.05, 3.63) is 53.2 Å². The molecule has 5 rings (SSSR count). The zero-order chi connectivity index (χ0) is 21.2. The lowest BCUT2D eigenvalue weighted by Crippen LogP contribution is -2.29. The van der Waals surface area contributed by atoms with Gasteiger partial charge in [-0.05, 0) is 37.3 Å². The van der Waals surface area contributed by atoms with Gasteiger partial charge in [-0.25, -0.2) is 4.98 Å². The molecule has 0 bridgehead atoms.